The van der Waals surface area contributed by atoms with Crippen molar-refractivity contribution in [3.05, 3.63) is 12.2 Å². The second-order valence-electron chi connectivity index (χ2n) is 9.62. The van der Waals surface area contributed by atoms with Crippen molar-refractivity contribution in [1.29, 1.82) is 0 Å². The number of Topliss-reactive ketones (excluding diaryl/α,β-unsaturated/α-hetero) is 1. The molecular formula is C20H26O6. The number of aliphatic hydroxyl groups excluding tert-OH is 2. The number of allylic oxidation sites excluding steroid dienone is 1. The Morgan fingerprint density at radius 2 is 1.92 bits per heavy atom. The van der Waals surface area contributed by atoms with Crippen LogP contribution in [-0.4, -0.2) is 47.1 Å². The van der Waals surface area contributed by atoms with E-state index < -0.39 is 46.6 Å². The first kappa shape index (κ1) is 16.9. The molecule has 5 aliphatic rings. The number of hydrogen-bond acceptors (Lipinski definition) is 6. The fraction of sp³-hybridized carbons (Fsp3) is 0.800. The normalized spacial score (nSPS) is 54.4. The molecule has 0 aromatic heterocycles. The maximum absolute atomic E-state index is 13.2. The Morgan fingerprint density at radius 1 is 1.19 bits per heavy atom. The zero-order valence-corrected chi connectivity index (χ0v) is 15.2. The van der Waals surface area contributed by atoms with Gasteiger partial charge in [0.2, 0.25) is 0 Å². The molecule has 1 unspecified atom stereocenters. The quantitative estimate of drug-likeness (QED) is 0.382. The summed E-state index contributed by atoms with van der Waals surface area (Å²) in [7, 11) is 0. The van der Waals surface area contributed by atoms with E-state index in [9.17, 15) is 19.8 Å². The van der Waals surface area contributed by atoms with Crippen LogP contribution in [0.25, 0.3) is 0 Å². The summed E-state index contributed by atoms with van der Waals surface area (Å²) in [6.45, 7) is 8.08. The zero-order chi connectivity index (χ0) is 18.6. The summed E-state index contributed by atoms with van der Waals surface area (Å²) in [5, 5.41) is 21.4. The highest BCUT2D eigenvalue weighted by Crippen LogP contribution is 2.71. The van der Waals surface area contributed by atoms with E-state index in [-0.39, 0.29) is 24.2 Å². The summed E-state index contributed by atoms with van der Waals surface area (Å²) in [5.41, 5.74) is -1.88. The van der Waals surface area contributed by atoms with Crippen molar-refractivity contribution in [3.8, 4) is 0 Å². The molecule has 2 N–H and O–H groups in total. The summed E-state index contributed by atoms with van der Waals surface area (Å²) in [4.78, 5) is 26.3. The smallest absolute Gasteiger partial charge is 0.320 e. The van der Waals surface area contributed by atoms with Gasteiger partial charge in [0.05, 0.1) is 12.7 Å². The minimum Gasteiger partial charge on any atom is -0.461 e. The number of hydrogen-bond donors (Lipinski definition) is 2. The Hall–Kier alpha value is -1.24. The summed E-state index contributed by atoms with van der Waals surface area (Å²) >= 11 is 0. The largest absolute Gasteiger partial charge is 0.461 e. The summed E-state index contributed by atoms with van der Waals surface area (Å²) in [6, 6.07) is 0. The molecule has 142 valence electrons. The van der Waals surface area contributed by atoms with Crippen LogP contribution in [0.5, 0.6) is 0 Å². The van der Waals surface area contributed by atoms with Crippen LogP contribution in [-0.2, 0) is 19.1 Å². The van der Waals surface area contributed by atoms with E-state index in [0.29, 0.717) is 18.4 Å². The number of aliphatic hydroxyl groups is 2. The van der Waals surface area contributed by atoms with Gasteiger partial charge in [-0.3, -0.25) is 9.59 Å². The lowest BCUT2D eigenvalue weighted by Gasteiger charge is -2.62. The van der Waals surface area contributed by atoms with Crippen molar-refractivity contribution < 1.29 is 29.3 Å². The number of carbonyl (C=O) groups excluding carboxylic acids is 2. The van der Waals surface area contributed by atoms with Crippen molar-refractivity contribution in [2.24, 2.45) is 34.0 Å². The summed E-state index contributed by atoms with van der Waals surface area (Å²) in [6.07, 6.45) is 0.0482. The molecule has 3 saturated carbocycles. The molecule has 8 atom stereocenters. The fourth-order valence-corrected chi connectivity index (χ4v) is 7.21. The molecule has 2 heterocycles. The Bertz CT molecular complexity index is 728. The molecule has 0 aromatic carbocycles. The molecule has 5 rings (SSSR count). The van der Waals surface area contributed by atoms with Crippen LogP contribution in [0.2, 0.25) is 0 Å². The number of carbonyl (C=O) groups is 2. The van der Waals surface area contributed by atoms with Crippen molar-refractivity contribution in [2.45, 2.75) is 58.0 Å². The summed E-state index contributed by atoms with van der Waals surface area (Å²) < 4.78 is 11.6. The molecule has 2 spiro atoms. The Kier molecular flexibility index (Phi) is 3.10. The molecule has 0 aromatic rings. The highest BCUT2D eigenvalue weighted by molar-refractivity contribution is 6.15. The van der Waals surface area contributed by atoms with Crippen molar-refractivity contribution >= 4 is 11.8 Å². The second-order valence-corrected chi connectivity index (χ2v) is 9.62. The van der Waals surface area contributed by atoms with Gasteiger partial charge in [-0.2, -0.15) is 0 Å². The van der Waals surface area contributed by atoms with E-state index >= 15 is 0 Å². The average molecular weight is 362 g/mol. The number of ether oxygens (including phenoxy) is 2. The molecule has 2 bridgehead atoms. The molecule has 6 heteroatoms. The lowest BCUT2D eigenvalue weighted by atomic mass is 9.43. The number of esters is 1. The van der Waals surface area contributed by atoms with Crippen LogP contribution in [0, 0.1) is 34.0 Å². The van der Waals surface area contributed by atoms with Gasteiger partial charge in [0.15, 0.2) is 12.1 Å². The third-order valence-electron chi connectivity index (χ3n) is 8.48. The van der Waals surface area contributed by atoms with Crippen LogP contribution in [0.15, 0.2) is 12.2 Å². The van der Waals surface area contributed by atoms with E-state index in [1.807, 2.05) is 13.8 Å². The molecule has 0 radical (unpaired) electrons. The van der Waals surface area contributed by atoms with Gasteiger partial charge in [0.1, 0.15) is 11.5 Å². The third kappa shape index (κ3) is 1.57. The van der Waals surface area contributed by atoms with E-state index in [1.165, 1.54) is 0 Å². The van der Waals surface area contributed by atoms with E-state index in [2.05, 4.69) is 6.58 Å². The zero-order valence-electron chi connectivity index (χ0n) is 15.2. The van der Waals surface area contributed by atoms with Crippen molar-refractivity contribution in [1.82, 2.24) is 0 Å². The molecule has 26 heavy (non-hydrogen) atoms. The minimum absolute atomic E-state index is 0.0483. The Labute approximate surface area is 152 Å². The highest BCUT2D eigenvalue weighted by Gasteiger charge is 2.78. The van der Waals surface area contributed by atoms with Gasteiger partial charge in [-0.1, -0.05) is 20.4 Å². The predicted octanol–water partition coefficient (Wildman–Crippen LogP) is 1.20. The molecule has 5 fully saturated rings. The number of rotatable bonds is 0. The topological polar surface area (TPSA) is 93.1 Å². The van der Waals surface area contributed by atoms with Gasteiger partial charge in [0, 0.05) is 17.8 Å². The lowest BCUT2D eigenvalue weighted by molar-refractivity contribution is -0.253. The maximum atomic E-state index is 13.2. The molecule has 6 nitrogen and oxygen atoms in total. The monoisotopic (exact) mass is 362 g/mol. The minimum atomic E-state index is -1.18. The van der Waals surface area contributed by atoms with Crippen LogP contribution in [0.4, 0.5) is 0 Å². The average Bonchev–Trinajstić information content (AvgIpc) is 3.03. The van der Waals surface area contributed by atoms with Gasteiger partial charge in [-0.15, -0.1) is 0 Å². The van der Waals surface area contributed by atoms with Gasteiger partial charge in [0.25, 0.3) is 0 Å². The standard InChI is InChI=1S/C20H26O6/c1-9-10-4-5-11-19(7-10,15(9)22)17(24)26-13-6-12(21)18(2,3)14-16(23)25-8-20(11,13)14/h10-14,16,21,23H,1,4-8H2,2-3H3/t10-,11+,12-,13-,14+,16+,19-,20?/m0/s1. The van der Waals surface area contributed by atoms with Crippen LogP contribution < -0.4 is 0 Å². The second kappa shape index (κ2) is 4.78. The van der Waals surface area contributed by atoms with Crippen molar-refractivity contribution in [2.75, 3.05) is 6.61 Å². The highest BCUT2D eigenvalue weighted by atomic mass is 16.6. The molecule has 2 aliphatic heterocycles. The first-order chi connectivity index (χ1) is 12.2. The van der Waals surface area contributed by atoms with Crippen molar-refractivity contribution in [3.63, 3.8) is 0 Å². The predicted molar refractivity (Wildman–Crippen MR) is 89.6 cm³/mol. The van der Waals surface area contributed by atoms with E-state index in [4.69, 9.17) is 9.47 Å². The van der Waals surface area contributed by atoms with E-state index in [1.54, 1.807) is 0 Å². The molecule has 2 saturated heterocycles. The van der Waals surface area contributed by atoms with Crippen LogP contribution >= 0.6 is 0 Å². The summed E-state index contributed by atoms with van der Waals surface area (Å²) in [5.74, 6) is -1.22. The number of ketones is 1. The first-order valence-corrected chi connectivity index (χ1v) is 9.59. The molecular weight excluding hydrogens is 336 g/mol. The molecule has 3 aliphatic carbocycles. The SMILES string of the molecule is C=C1C(=O)[C@]23C[C@@H]1CC[C@H]2C12CO[C@@H](O)[C@@H]1C(C)(C)[C@@H](O)C[C@@H]2OC3=O. The lowest BCUT2D eigenvalue weighted by Crippen LogP contribution is -2.70. The first-order valence-electron chi connectivity index (χ1n) is 9.59. The van der Waals surface area contributed by atoms with Gasteiger partial charge in [-0.05, 0) is 42.1 Å². The molecule has 0 amide bonds. The fourth-order valence-electron chi connectivity index (χ4n) is 7.21. The Morgan fingerprint density at radius 3 is 2.65 bits per heavy atom. The van der Waals surface area contributed by atoms with Crippen LogP contribution in [0.1, 0.15) is 39.5 Å². The number of fused-ring (bicyclic) bond motifs is 1. The van der Waals surface area contributed by atoms with Gasteiger partial charge < -0.3 is 19.7 Å². The van der Waals surface area contributed by atoms with Gasteiger partial charge >= 0.3 is 5.97 Å². The van der Waals surface area contributed by atoms with Gasteiger partial charge in [-0.25, -0.2) is 0 Å². The van der Waals surface area contributed by atoms with E-state index in [0.717, 1.165) is 12.8 Å². The maximum Gasteiger partial charge on any atom is 0.320 e. The third-order valence-corrected chi connectivity index (χ3v) is 8.48. The Balaban J connectivity index is 1.72. The van der Waals surface area contributed by atoms with Crippen LogP contribution in [0.3, 0.4) is 0 Å².